The Morgan fingerprint density at radius 1 is 1.40 bits per heavy atom. The van der Waals surface area contributed by atoms with Gasteiger partial charge in [-0.25, -0.2) is 4.98 Å². The number of morpholine rings is 1. The number of rotatable bonds is 1. The maximum absolute atomic E-state index is 12.5. The summed E-state index contributed by atoms with van der Waals surface area (Å²) in [5.41, 5.74) is -0.0608. The third-order valence-corrected chi connectivity index (χ3v) is 4.46. The van der Waals surface area contributed by atoms with Crippen LogP contribution >= 0.6 is 11.8 Å². The second-order valence-electron chi connectivity index (χ2n) is 5.23. The normalized spacial score (nSPS) is 25.6. The lowest BCUT2D eigenvalue weighted by Crippen LogP contribution is -2.49. The lowest BCUT2D eigenvalue weighted by Gasteiger charge is -2.35. The molecule has 6 nitrogen and oxygen atoms in total. The van der Waals surface area contributed by atoms with Crippen molar-refractivity contribution >= 4 is 17.7 Å². The summed E-state index contributed by atoms with van der Waals surface area (Å²) in [5, 5.41) is 0.704. The predicted molar refractivity (Wildman–Crippen MR) is 75.1 cm³/mol. The lowest BCUT2D eigenvalue weighted by atomic mass is 10.2. The highest BCUT2D eigenvalue weighted by Crippen LogP contribution is 2.21. The molecule has 7 heteroatoms. The first kappa shape index (κ1) is 13.6. The maximum Gasteiger partial charge on any atom is 0.267 e. The van der Waals surface area contributed by atoms with Crippen LogP contribution in [-0.2, 0) is 11.3 Å². The molecule has 0 aliphatic carbocycles. The topological polar surface area (TPSA) is 64.4 Å². The van der Waals surface area contributed by atoms with Crippen molar-refractivity contribution in [1.29, 1.82) is 0 Å². The molecule has 2 aliphatic rings. The number of carbonyl (C=O) groups excluding carboxylic acids is 1. The van der Waals surface area contributed by atoms with E-state index in [4.69, 9.17) is 4.74 Å². The first-order valence-electron chi connectivity index (χ1n) is 6.73. The summed E-state index contributed by atoms with van der Waals surface area (Å²) in [6.07, 6.45) is 1.39. The van der Waals surface area contributed by atoms with E-state index >= 15 is 0 Å². The fraction of sp³-hybridized carbons (Fsp3) is 0.615. The molecule has 2 atom stereocenters. The molecule has 1 aromatic rings. The van der Waals surface area contributed by atoms with E-state index in [1.165, 1.54) is 6.20 Å². The molecule has 1 fully saturated rings. The van der Waals surface area contributed by atoms with Gasteiger partial charge in [-0.3, -0.25) is 14.2 Å². The monoisotopic (exact) mass is 295 g/mol. The first-order valence-corrected chi connectivity index (χ1v) is 7.72. The molecule has 0 N–H and O–H groups in total. The standard InChI is InChI=1S/C13H17N3O3S/c1-8-6-15(7-9(2)19-8)11(17)10-5-14-13-16(12(10)18)3-4-20-13/h5,8-9H,3-4,6-7H2,1-2H3/t8-,9-/m1/s1. The first-order chi connectivity index (χ1) is 9.56. The highest BCUT2D eigenvalue weighted by Gasteiger charge is 2.29. The van der Waals surface area contributed by atoms with E-state index in [0.717, 1.165) is 5.75 Å². The minimum absolute atomic E-state index is 0.0107. The summed E-state index contributed by atoms with van der Waals surface area (Å²) in [5.74, 6) is 0.600. The zero-order valence-electron chi connectivity index (χ0n) is 11.5. The Labute approximate surface area is 121 Å². The number of carbonyl (C=O) groups is 1. The molecule has 0 radical (unpaired) electrons. The minimum atomic E-state index is -0.239. The number of hydrogen-bond donors (Lipinski definition) is 0. The molecule has 1 saturated heterocycles. The van der Waals surface area contributed by atoms with Crippen molar-refractivity contribution in [2.45, 2.75) is 37.8 Å². The van der Waals surface area contributed by atoms with Gasteiger partial charge in [-0.15, -0.1) is 0 Å². The Morgan fingerprint density at radius 2 is 2.10 bits per heavy atom. The second-order valence-corrected chi connectivity index (χ2v) is 6.29. The van der Waals surface area contributed by atoms with E-state index in [2.05, 4.69) is 4.98 Å². The van der Waals surface area contributed by atoms with Crippen LogP contribution in [0, 0.1) is 0 Å². The van der Waals surface area contributed by atoms with Crippen molar-refractivity contribution in [1.82, 2.24) is 14.5 Å². The highest BCUT2D eigenvalue weighted by molar-refractivity contribution is 7.99. The Hall–Kier alpha value is -1.34. The Balaban J connectivity index is 1.90. The van der Waals surface area contributed by atoms with Crippen LogP contribution in [0.4, 0.5) is 0 Å². The number of ether oxygens (including phenoxy) is 1. The van der Waals surface area contributed by atoms with Gasteiger partial charge in [-0.2, -0.15) is 0 Å². The van der Waals surface area contributed by atoms with Crippen molar-refractivity contribution in [3.63, 3.8) is 0 Å². The third kappa shape index (κ3) is 2.35. The molecule has 0 aromatic carbocycles. The van der Waals surface area contributed by atoms with E-state index in [1.54, 1.807) is 21.2 Å². The minimum Gasteiger partial charge on any atom is -0.372 e. The van der Waals surface area contributed by atoms with Gasteiger partial charge in [0, 0.05) is 31.6 Å². The van der Waals surface area contributed by atoms with Gasteiger partial charge < -0.3 is 9.64 Å². The van der Waals surface area contributed by atoms with Gasteiger partial charge in [0.15, 0.2) is 5.16 Å². The molecule has 0 saturated carbocycles. The fourth-order valence-electron chi connectivity index (χ4n) is 2.68. The average molecular weight is 295 g/mol. The van der Waals surface area contributed by atoms with E-state index in [0.29, 0.717) is 24.8 Å². The van der Waals surface area contributed by atoms with Crippen LogP contribution in [0.25, 0.3) is 0 Å². The van der Waals surface area contributed by atoms with Gasteiger partial charge in [0.2, 0.25) is 0 Å². The fourth-order valence-corrected chi connectivity index (χ4v) is 3.59. The Bertz CT molecular complexity index is 591. The van der Waals surface area contributed by atoms with Gasteiger partial charge >= 0.3 is 0 Å². The van der Waals surface area contributed by atoms with Crippen LogP contribution in [-0.4, -0.2) is 51.4 Å². The molecule has 0 unspecified atom stereocenters. The molecule has 2 aliphatic heterocycles. The number of hydrogen-bond acceptors (Lipinski definition) is 5. The molecular formula is C13H17N3O3S. The SMILES string of the molecule is C[C@@H]1CN(C(=O)c2cnc3n(c2=O)CCS3)C[C@@H](C)O1. The van der Waals surface area contributed by atoms with Crippen LogP contribution in [0.15, 0.2) is 16.1 Å². The number of amides is 1. The summed E-state index contributed by atoms with van der Waals surface area (Å²) < 4.78 is 7.20. The van der Waals surface area contributed by atoms with Crippen molar-refractivity contribution in [3.8, 4) is 0 Å². The van der Waals surface area contributed by atoms with E-state index in [9.17, 15) is 9.59 Å². The van der Waals surface area contributed by atoms with Gasteiger partial charge in [-0.1, -0.05) is 11.8 Å². The van der Waals surface area contributed by atoms with E-state index in [1.807, 2.05) is 13.8 Å². The van der Waals surface area contributed by atoms with Crippen LogP contribution < -0.4 is 5.56 Å². The molecule has 3 rings (SSSR count). The predicted octanol–water partition coefficient (Wildman–Crippen LogP) is 0.598. The molecule has 1 aromatic heterocycles. The van der Waals surface area contributed by atoms with Gasteiger partial charge in [-0.05, 0) is 13.8 Å². The smallest absolute Gasteiger partial charge is 0.267 e. The molecular weight excluding hydrogens is 278 g/mol. The quantitative estimate of drug-likeness (QED) is 0.710. The van der Waals surface area contributed by atoms with Crippen LogP contribution in [0.2, 0.25) is 0 Å². The van der Waals surface area contributed by atoms with Gasteiger partial charge in [0.1, 0.15) is 5.56 Å². The molecule has 3 heterocycles. The largest absolute Gasteiger partial charge is 0.372 e. The van der Waals surface area contributed by atoms with Gasteiger partial charge in [0.05, 0.1) is 12.2 Å². The summed E-state index contributed by atoms with van der Waals surface area (Å²) in [4.78, 5) is 30.8. The van der Waals surface area contributed by atoms with Gasteiger partial charge in [0.25, 0.3) is 11.5 Å². The van der Waals surface area contributed by atoms with Crippen molar-refractivity contribution < 1.29 is 9.53 Å². The summed E-state index contributed by atoms with van der Waals surface area (Å²) in [6, 6.07) is 0. The second kappa shape index (κ2) is 5.21. The van der Waals surface area contributed by atoms with Crippen molar-refractivity contribution in [3.05, 3.63) is 22.1 Å². The number of nitrogens with zero attached hydrogens (tertiary/aromatic N) is 3. The molecule has 0 bridgehead atoms. The number of aromatic nitrogens is 2. The zero-order valence-corrected chi connectivity index (χ0v) is 12.4. The summed E-state index contributed by atoms with van der Waals surface area (Å²) in [7, 11) is 0. The number of thioether (sulfide) groups is 1. The van der Waals surface area contributed by atoms with Crippen molar-refractivity contribution in [2.75, 3.05) is 18.8 Å². The molecule has 1 amide bonds. The highest BCUT2D eigenvalue weighted by atomic mass is 32.2. The Morgan fingerprint density at radius 3 is 2.80 bits per heavy atom. The van der Waals surface area contributed by atoms with E-state index < -0.39 is 0 Å². The summed E-state index contributed by atoms with van der Waals surface area (Å²) >= 11 is 1.55. The summed E-state index contributed by atoms with van der Waals surface area (Å²) in [6.45, 7) is 5.52. The third-order valence-electron chi connectivity index (χ3n) is 3.49. The molecule has 108 valence electrons. The van der Waals surface area contributed by atoms with Crippen molar-refractivity contribution in [2.24, 2.45) is 0 Å². The zero-order chi connectivity index (χ0) is 14.3. The Kier molecular flexibility index (Phi) is 3.55. The number of fused-ring (bicyclic) bond motifs is 1. The van der Waals surface area contributed by atoms with Crippen LogP contribution in [0.1, 0.15) is 24.2 Å². The average Bonchev–Trinajstić information content (AvgIpc) is 2.86. The van der Waals surface area contributed by atoms with E-state index in [-0.39, 0.29) is 29.2 Å². The molecule has 0 spiro atoms. The van der Waals surface area contributed by atoms with Crippen LogP contribution in [0.5, 0.6) is 0 Å². The van der Waals surface area contributed by atoms with Crippen LogP contribution in [0.3, 0.4) is 0 Å². The maximum atomic E-state index is 12.5. The molecule has 20 heavy (non-hydrogen) atoms. The lowest BCUT2D eigenvalue weighted by molar-refractivity contribution is -0.0586.